The van der Waals surface area contributed by atoms with Gasteiger partial charge in [0.2, 0.25) is 0 Å². The summed E-state index contributed by atoms with van der Waals surface area (Å²) in [5.74, 6) is 0.924. The Morgan fingerprint density at radius 2 is 1.88 bits per heavy atom. The molecule has 7 heteroatoms. The normalized spacial score (nSPS) is 14.2. The zero-order valence-corrected chi connectivity index (χ0v) is 16.7. The Morgan fingerprint density at radius 1 is 1.19 bits per heavy atom. The number of hydrogen-bond acceptors (Lipinski definition) is 4. The Kier molecular flexibility index (Phi) is 6.45. The number of benzene rings is 2. The maximum absolute atomic E-state index is 13.0. The van der Waals surface area contributed by atoms with E-state index in [9.17, 15) is 4.39 Å². The van der Waals surface area contributed by atoms with Crippen LogP contribution in [0.2, 0.25) is 0 Å². The van der Waals surface area contributed by atoms with Gasteiger partial charge in [-0.05, 0) is 45.8 Å². The second-order valence-electron chi connectivity index (χ2n) is 5.80. The fourth-order valence-corrected chi connectivity index (χ4v) is 3.64. The van der Waals surface area contributed by atoms with Gasteiger partial charge in [-0.3, -0.25) is 0 Å². The fraction of sp³-hybridized carbons (Fsp3) is 0.316. The van der Waals surface area contributed by atoms with Crippen molar-refractivity contribution in [1.82, 2.24) is 4.90 Å². The number of nitrogens with zero attached hydrogens (tertiary/aromatic N) is 1. The highest BCUT2D eigenvalue weighted by molar-refractivity contribution is 9.10. The molecule has 1 heterocycles. The van der Waals surface area contributed by atoms with E-state index in [0.717, 1.165) is 33.7 Å². The van der Waals surface area contributed by atoms with Crippen LogP contribution in [0, 0.1) is 5.82 Å². The van der Waals surface area contributed by atoms with E-state index in [0.29, 0.717) is 31.3 Å². The van der Waals surface area contributed by atoms with Crippen molar-refractivity contribution in [2.75, 3.05) is 33.4 Å². The summed E-state index contributed by atoms with van der Waals surface area (Å²) in [6.07, 6.45) is 0. The molecular formula is C19H19BrFNO3S. The molecule has 138 valence electrons. The summed E-state index contributed by atoms with van der Waals surface area (Å²) in [6, 6.07) is 9.94. The molecule has 3 rings (SSSR count). The Morgan fingerprint density at radius 3 is 2.54 bits per heavy atom. The van der Waals surface area contributed by atoms with Crippen LogP contribution in [0.4, 0.5) is 4.39 Å². The molecule has 0 N–H and O–H groups in total. The third-order valence-corrected chi connectivity index (χ3v) is 5.22. The van der Waals surface area contributed by atoms with Gasteiger partial charge >= 0.3 is 0 Å². The first-order valence-corrected chi connectivity index (χ1v) is 9.40. The molecule has 0 atom stereocenters. The van der Waals surface area contributed by atoms with E-state index in [1.807, 2.05) is 12.1 Å². The minimum Gasteiger partial charge on any atom is -0.493 e. The average molecular weight is 440 g/mol. The van der Waals surface area contributed by atoms with Crippen molar-refractivity contribution in [2.45, 2.75) is 6.61 Å². The molecule has 0 aromatic heterocycles. The lowest BCUT2D eigenvalue weighted by Crippen LogP contribution is -2.40. The van der Waals surface area contributed by atoms with Crippen LogP contribution in [0.25, 0.3) is 0 Å². The van der Waals surface area contributed by atoms with Crippen LogP contribution in [-0.2, 0) is 11.3 Å². The highest BCUT2D eigenvalue weighted by Gasteiger charge is 2.20. The largest absolute Gasteiger partial charge is 0.493 e. The maximum atomic E-state index is 13.0. The van der Waals surface area contributed by atoms with Crippen LogP contribution >= 0.6 is 28.1 Å². The van der Waals surface area contributed by atoms with Crippen LogP contribution < -0.4 is 9.47 Å². The molecule has 0 aliphatic carbocycles. The number of halogens is 2. The van der Waals surface area contributed by atoms with Crippen molar-refractivity contribution < 1.29 is 18.6 Å². The predicted molar refractivity (Wildman–Crippen MR) is 106 cm³/mol. The van der Waals surface area contributed by atoms with Gasteiger partial charge in [0.15, 0.2) is 11.5 Å². The number of methoxy groups -OCH3 is 1. The monoisotopic (exact) mass is 439 g/mol. The van der Waals surface area contributed by atoms with Gasteiger partial charge < -0.3 is 19.1 Å². The quantitative estimate of drug-likeness (QED) is 0.652. The number of hydrogen-bond donors (Lipinski definition) is 0. The lowest BCUT2D eigenvalue weighted by atomic mass is 10.1. The molecule has 0 radical (unpaired) electrons. The highest BCUT2D eigenvalue weighted by Crippen LogP contribution is 2.35. The third kappa shape index (κ3) is 4.52. The summed E-state index contributed by atoms with van der Waals surface area (Å²) in [5.41, 5.74) is 1.75. The van der Waals surface area contributed by atoms with E-state index in [4.69, 9.17) is 26.4 Å². The van der Waals surface area contributed by atoms with Gasteiger partial charge in [-0.15, -0.1) is 0 Å². The Bertz CT molecular complexity index is 779. The van der Waals surface area contributed by atoms with Crippen molar-refractivity contribution in [3.05, 3.63) is 57.8 Å². The van der Waals surface area contributed by atoms with Crippen molar-refractivity contribution >= 4 is 33.1 Å². The first-order valence-electron chi connectivity index (χ1n) is 8.20. The van der Waals surface area contributed by atoms with Gasteiger partial charge in [0.05, 0.1) is 20.3 Å². The van der Waals surface area contributed by atoms with Crippen LogP contribution in [-0.4, -0.2) is 43.3 Å². The van der Waals surface area contributed by atoms with Gasteiger partial charge in [-0.2, -0.15) is 0 Å². The molecule has 0 bridgehead atoms. The molecule has 1 saturated heterocycles. The zero-order valence-electron chi connectivity index (χ0n) is 14.3. The molecule has 0 unspecified atom stereocenters. The summed E-state index contributed by atoms with van der Waals surface area (Å²) in [7, 11) is 1.59. The Labute approximate surface area is 166 Å². The summed E-state index contributed by atoms with van der Waals surface area (Å²) in [5, 5.41) is 0. The summed E-state index contributed by atoms with van der Waals surface area (Å²) >= 11 is 9.22. The first-order chi connectivity index (χ1) is 12.6. The standard InChI is InChI=1S/C19H19BrFNO3S/c1-23-17-10-15(19(26)22-6-8-24-9-7-22)16(20)11-18(17)25-12-13-2-4-14(21)5-3-13/h2-5,10-11H,6-9,12H2,1H3. The number of thiocarbonyl (C=S) groups is 1. The molecule has 0 spiro atoms. The van der Waals surface area contributed by atoms with Crippen molar-refractivity contribution in [1.29, 1.82) is 0 Å². The topological polar surface area (TPSA) is 30.9 Å². The van der Waals surface area contributed by atoms with Crippen molar-refractivity contribution in [3.8, 4) is 11.5 Å². The Balaban J connectivity index is 1.77. The van der Waals surface area contributed by atoms with Crippen LogP contribution in [0.15, 0.2) is 40.9 Å². The average Bonchev–Trinajstić information content (AvgIpc) is 2.68. The molecule has 2 aromatic carbocycles. The summed E-state index contributed by atoms with van der Waals surface area (Å²) in [4.78, 5) is 2.88. The molecular weight excluding hydrogens is 421 g/mol. The fourth-order valence-electron chi connectivity index (χ4n) is 2.65. The highest BCUT2D eigenvalue weighted by atomic mass is 79.9. The van der Waals surface area contributed by atoms with E-state index in [1.54, 1.807) is 19.2 Å². The lowest BCUT2D eigenvalue weighted by Gasteiger charge is -2.29. The van der Waals surface area contributed by atoms with E-state index < -0.39 is 0 Å². The second kappa shape index (κ2) is 8.79. The third-order valence-electron chi connectivity index (χ3n) is 4.09. The molecule has 4 nitrogen and oxygen atoms in total. The summed E-state index contributed by atoms with van der Waals surface area (Å²) in [6.45, 7) is 3.21. The SMILES string of the molecule is COc1cc(C(=S)N2CCOCC2)c(Br)cc1OCc1ccc(F)cc1. The van der Waals surface area contributed by atoms with Gasteiger partial charge in [0, 0.05) is 23.1 Å². The molecule has 2 aromatic rings. The first kappa shape index (κ1) is 19.1. The zero-order chi connectivity index (χ0) is 18.5. The Hall–Kier alpha value is -1.70. The van der Waals surface area contributed by atoms with E-state index in [1.165, 1.54) is 12.1 Å². The van der Waals surface area contributed by atoms with Gasteiger partial charge in [-0.1, -0.05) is 24.4 Å². The molecule has 1 aliphatic rings. The van der Waals surface area contributed by atoms with Crippen LogP contribution in [0.5, 0.6) is 11.5 Å². The molecule has 1 aliphatic heterocycles. The molecule has 26 heavy (non-hydrogen) atoms. The molecule has 0 amide bonds. The minimum atomic E-state index is -0.268. The second-order valence-corrected chi connectivity index (χ2v) is 7.04. The lowest BCUT2D eigenvalue weighted by molar-refractivity contribution is 0.0692. The smallest absolute Gasteiger partial charge is 0.162 e. The number of morpholine rings is 1. The molecule has 1 fully saturated rings. The van der Waals surface area contributed by atoms with Gasteiger partial charge in [0.1, 0.15) is 17.4 Å². The summed E-state index contributed by atoms with van der Waals surface area (Å²) < 4.78 is 30.6. The van der Waals surface area contributed by atoms with Gasteiger partial charge in [-0.25, -0.2) is 4.39 Å². The molecule has 0 saturated carbocycles. The van der Waals surface area contributed by atoms with Crippen molar-refractivity contribution in [2.24, 2.45) is 0 Å². The van der Waals surface area contributed by atoms with Crippen LogP contribution in [0.1, 0.15) is 11.1 Å². The number of ether oxygens (including phenoxy) is 3. The van der Waals surface area contributed by atoms with E-state index >= 15 is 0 Å². The van der Waals surface area contributed by atoms with Gasteiger partial charge in [0.25, 0.3) is 0 Å². The maximum Gasteiger partial charge on any atom is 0.162 e. The van der Waals surface area contributed by atoms with E-state index in [-0.39, 0.29) is 5.82 Å². The van der Waals surface area contributed by atoms with Crippen molar-refractivity contribution in [3.63, 3.8) is 0 Å². The minimum absolute atomic E-state index is 0.268. The predicted octanol–water partition coefficient (Wildman–Crippen LogP) is 4.18. The number of rotatable bonds is 5. The van der Waals surface area contributed by atoms with E-state index in [2.05, 4.69) is 20.8 Å². The van der Waals surface area contributed by atoms with Crippen LogP contribution in [0.3, 0.4) is 0 Å².